The van der Waals surface area contributed by atoms with Crippen LogP contribution in [0.2, 0.25) is 0 Å². The van der Waals surface area contributed by atoms with Gasteiger partial charge in [-0.2, -0.15) is 0 Å². The first-order chi connectivity index (χ1) is 9.68. The third kappa shape index (κ3) is 4.94. The Bertz CT molecular complexity index is 516. The van der Waals surface area contributed by atoms with E-state index in [0.717, 1.165) is 0 Å². The Kier molecular flexibility index (Phi) is 6.12. The SMILES string of the molecule is COC(C)(C)CCOc1c([C@@H](C)O)cc(Br)cc1[N+](=O)[O-]. The second kappa shape index (κ2) is 7.20. The summed E-state index contributed by atoms with van der Waals surface area (Å²) in [4.78, 5) is 10.6. The summed E-state index contributed by atoms with van der Waals surface area (Å²) < 4.78 is 11.4. The van der Waals surface area contributed by atoms with Crippen molar-refractivity contribution in [2.24, 2.45) is 0 Å². The number of hydrogen-bond donors (Lipinski definition) is 1. The number of nitro benzene ring substituents is 1. The van der Waals surface area contributed by atoms with Crippen LogP contribution in [-0.4, -0.2) is 29.3 Å². The zero-order valence-corrected chi connectivity index (χ0v) is 14.1. The van der Waals surface area contributed by atoms with Gasteiger partial charge in [-0.05, 0) is 26.8 Å². The van der Waals surface area contributed by atoms with Gasteiger partial charge >= 0.3 is 5.69 Å². The second-order valence-corrected chi connectivity index (χ2v) is 6.25. The van der Waals surface area contributed by atoms with Crippen molar-refractivity contribution in [3.63, 3.8) is 0 Å². The molecule has 0 aliphatic rings. The van der Waals surface area contributed by atoms with Crippen molar-refractivity contribution in [3.8, 4) is 5.75 Å². The smallest absolute Gasteiger partial charge is 0.312 e. The summed E-state index contributed by atoms with van der Waals surface area (Å²) in [6.45, 7) is 5.60. The molecule has 0 fully saturated rings. The van der Waals surface area contributed by atoms with Gasteiger partial charge in [0.25, 0.3) is 0 Å². The maximum absolute atomic E-state index is 11.2. The van der Waals surface area contributed by atoms with Crippen molar-refractivity contribution in [1.82, 2.24) is 0 Å². The summed E-state index contributed by atoms with van der Waals surface area (Å²) in [6.07, 6.45) is -0.303. The lowest BCUT2D eigenvalue weighted by Crippen LogP contribution is -2.25. The molecule has 0 aromatic heterocycles. The van der Waals surface area contributed by atoms with E-state index < -0.39 is 11.0 Å². The molecule has 21 heavy (non-hydrogen) atoms. The lowest BCUT2D eigenvalue weighted by Gasteiger charge is -2.23. The summed E-state index contributed by atoms with van der Waals surface area (Å²) in [6, 6.07) is 2.98. The molecule has 0 aliphatic carbocycles. The van der Waals surface area contributed by atoms with Gasteiger partial charge in [-0.25, -0.2) is 0 Å². The molecule has 0 heterocycles. The van der Waals surface area contributed by atoms with Crippen molar-refractivity contribution in [2.45, 2.75) is 38.9 Å². The van der Waals surface area contributed by atoms with Crippen LogP contribution >= 0.6 is 15.9 Å². The van der Waals surface area contributed by atoms with Crippen LogP contribution in [-0.2, 0) is 4.74 Å². The highest BCUT2D eigenvalue weighted by molar-refractivity contribution is 9.10. The Morgan fingerprint density at radius 2 is 2.10 bits per heavy atom. The summed E-state index contributed by atoms with van der Waals surface area (Å²) in [5.41, 5.74) is -0.170. The lowest BCUT2D eigenvalue weighted by molar-refractivity contribution is -0.386. The minimum Gasteiger partial charge on any atom is -0.486 e. The molecule has 0 amide bonds. The first-order valence-electron chi connectivity index (χ1n) is 6.52. The fraction of sp³-hybridized carbons (Fsp3) is 0.571. The van der Waals surface area contributed by atoms with Crippen molar-refractivity contribution < 1.29 is 19.5 Å². The summed E-state index contributed by atoms with van der Waals surface area (Å²) in [5.74, 6) is 0.102. The standard InChI is InChI=1S/C14H20BrNO5/c1-9(17)11-7-10(15)8-12(16(18)19)13(11)21-6-5-14(2,3)20-4/h7-9,17H,5-6H2,1-4H3/t9-/m1/s1. The molecular formula is C14H20BrNO5. The van der Waals surface area contributed by atoms with Crippen LogP contribution in [0.15, 0.2) is 16.6 Å². The van der Waals surface area contributed by atoms with Gasteiger partial charge in [0.05, 0.1) is 23.2 Å². The van der Waals surface area contributed by atoms with E-state index in [4.69, 9.17) is 9.47 Å². The summed E-state index contributed by atoms with van der Waals surface area (Å²) >= 11 is 3.20. The van der Waals surface area contributed by atoms with Crippen LogP contribution < -0.4 is 4.74 Å². The lowest BCUT2D eigenvalue weighted by atomic mass is 10.1. The van der Waals surface area contributed by atoms with E-state index in [1.54, 1.807) is 13.2 Å². The molecule has 7 heteroatoms. The Labute approximate surface area is 132 Å². The molecule has 0 saturated heterocycles. The number of halogens is 1. The molecule has 0 aliphatic heterocycles. The summed E-state index contributed by atoms with van der Waals surface area (Å²) in [5, 5.41) is 21.0. The van der Waals surface area contributed by atoms with Crippen molar-refractivity contribution in [1.29, 1.82) is 0 Å². The first kappa shape index (κ1) is 17.9. The zero-order valence-electron chi connectivity index (χ0n) is 12.6. The molecule has 1 atom stereocenters. The monoisotopic (exact) mass is 361 g/mol. The van der Waals surface area contributed by atoms with Gasteiger partial charge in [0.2, 0.25) is 5.75 Å². The van der Waals surface area contributed by atoms with Crippen LogP contribution in [0.1, 0.15) is 38.9 Å². The molecule has 118 valence electrons. The van der Waals surface area contributed by atoms with E-state index in [1.807, 2.05) is 13.8 Å². The van der Waals surface area contributed by atoms with Gasteiger partial charge in [0.1, 0.15) is 0 Å². The number of aliphatic hydroxyl groups is 1. The van der Waals surface area contributed by atoms with Gasteiger partial charge in [-0.1, -0.05) is 15.9 Å². The molecule has 1 N–H and O–H groups in total. The van der Waals surface area contributed by atoms with Crippen LogP contribution in [0.3, 0.4) is 0 Å². The third-order valence-corrected chi connectivity index (χ3v) is 3.67. The van der Waals surface area contributed by atoms with Gasteiger partial charge in [-0.15, -0.1) is 0 Å². The Morgan fingerprint density at radius 3 is 2.57 bits per heavy atom. The van der Waals surface area contributed by atoms with Crippen LogP contribution in [0.25, 0.3) is 0 Å². The molecule has 1 aromatic carbocycles. The number of hydrogen-bond acceptors (Lipinski definition) is 5. The number of nitro groups is 1. The van der Waals surface area contributed by atoms with Gasteiger partial charge < -0.3 is 14.6 Å². The van der Waals surface area contributed by atoms with E-state index in [-0.39, 0.29) is 23.6 Å². The molecule has 0 saturated carbocycles. The molecule has 1 aromatic rings. The highest BCUT2D eigenvalue weighted by Crippen LogP contribution is 2.38. The average Bonchev–Trinajstić information content (AvgIpc) is 2.39. The van der Waals surface area contributed by atoms with Gasteiger partial charge in [0, 0.05) is 29.6 Å². The van der Waals surface area contributed by atoms with E-state index in [2.05, 4.69) is 15.9 Å². The number of methoxy groups -OCH3 is 1. The minimum atomic E-state index is -0.869. The van der Waals surface area contributed by atoms with Crippen molar-refractivity contribution in [2.75, 3.05) is 13.7 Å². The van der Waals surface area contributed by atoms with Crippen molar-refractivity contribution in [3.05, 3.63) is 32.3 Å². The Morgan fingerprint density at radius 1 is 1.48 bits per heavy atom. The predicted octanol–water partition coefficient (Wildman–Crippen LogP) is 3.60. The maximum Gasteiger partial charge on any atom is 0.312 e. The average molecular weight is 362 g/mol. The number of aliphatic hydroxyl groups excluding tert-OH is 1. The highest BCUT2D eigenvalue weighted by atomic mass is 79.9. The highest BCUT2D eigenvalue weighted by Gasteiger charge is 2.24. The van der Waals surface area contributed by atoms with Crippen LogP contribution in [0.5, 0.6) is 5.75 Å². The van der Waals surface area contributed by atoms with E-state index in [1.165, 1.54) is 13.0 Å². The molecular weight excluding hydrogens is 342 g/mol. The minimum absolute atomic E-state index is 0.102. The maximum atomic E-state index is 11.2. The van der Waals surface area contributed by atoms with E-state index >= 15 is 0 Å². The molecule has 0 bridgehead atoms. The Balaban J connectivity index is 3.06. The molecule has 1 rings (SSSR count). The van der Waals surface area contributed by atoms with E-state index in [9.17, 15) is 15.2 Å². The largest absolute Gasteiger partial charge is 0.486 e. The Hall–Kier alpha value is -1.18. The molecule has 0 spiro atoms. The topological polar surface area (TPSA) is 81.8 Å². The quantitative estimate of drug-likeness (QED) is 0.592. The molecule has 6 nitrogen and oxygen atoms in total. The molecule has 0 radical (unpaired) electrons. The number of rotatable bonds is 7. The van der Waals surface area contributed by atoms with Gasteiger partial charge in [0.15, 0.2) is 0 Å². The summed E-state index contributed by atoms with van der Waals surface area (Å²) in [7, 11) is 1.60. The number of benzene rings is 1. The van der Waals surface area contributed by atoms with E-state index in [0.29, 0.717) is 16.5 Å². The first-order valence-corrected chi connectivity index (χ1v) is 7.31. The third-order valence-electron chi connectivity index (χ3n) is 3.21. The predicted molar refractivity (Wildman–Crippen MR) is 82.6 cm³/mol. The second-order valence-electron chi connectivity index (χ2n) is 5.34. The fourth-order valence-corrected chi connectivity index (χ4v) is 2.17. The van der Waals surface area contributed by atoms with Crippen molar-refractivity contribution >= 4 is 21.6 Å². The molecule has 0 unspecified atom stereocenters. The zero-order chi connectivity index (χ0) is 16.2. The van der Waals surface area contributed by atoms with Gasteiger partial charge in [-0.3, -0.25) is 10.1 Å². The normalized spacial score (nSPS) is 13.0. The fourth-order valence-electron chi connectivity index (χ4n) is 1.70. The van der Waals surface area contributed by atoms with Crippen LogP contribution in [0, 0.1) is 10.1 Å². The number of nitrogens with zero attached hydrogens (tertiary/aromatic N) is 1. The van der Waals surface area contributed by atoms with Crippen LogP contribution in [0.4, 0.5) is 5.69 Å². The number of ether oxygens (including phenoxy) is 2.